The predicted octanol–water partition coefficient (Wildman–Crippen LogP) is 20.9. The van der Waals surface area contributed by atoms with Crippen molar-refractivity contribution >= 4 is 13.7 Å². The van der Waals surface area contributed by atoms with Gasteiger partial charge in [0.25, 0.3) is 0 Å². The fourth-order valence-corrected chi connectivity index (χ4v) is 11.3. The number of unbranched alkanes of at least 4 members (excludes halogenated alkanes) is 50. The van der Waals surface area contributed by atoms with E-state index in [2.05, 4.69) is 19.2 Å². The number of carbonyl (C=O) groups excluding carboxylic acids is 1. The molecule has 9 heteroatoms. The lowest BCUT2D eigenvalue weighted by molar-refractivity contribution is -0.870. The zero-order chi connectivity index (χ0) is 54.9. The number of nitrogens with zero attached hydrogens (tertiary/aromatic N) is 1. The summed E-state index contributed by atoms with van der Waals surface area (Å²) < 4.78 is 23.7. The Labute approximate surface area is 469 Å². The van der Waals surface area contributed by atoms with Gasteiger partial charge in [0.2, 0.25) is 5.91 Å². The highest BCUT2D eigenvalue weighted by Crippen LogP contribution is 2.43. The SMILES string of the molecule is CCCCCCCCCCCCCCC/C=C/C(O)C(COP(=O)(O)OCC[N+](C)(C)C)NC(=O)CCCCCCCCCCCCCCCCCCCCCCCCCCCCCCCCCCCCCCCC. The van der Waals surface area contributed by atoms with Crippen LogP contribution in [0.25, 0.3) is 0 Å². The minimum atomic E-state index is -4.34. The number of phosphoric acid groups is 1. The van der Waals surface area contributed by atoms with Gasteiger partial charge in [-0.15, -0.1) is 0 Å². The number of aliphatic hydroxyl groups is 1. The van der Waals surface area contributed by atoms with Crippen molar-refractivity contribution in [2.75, 3.05) is 40.9 Å². The molecule has 0 saturated carbocycles. The largest absolute Gasteiger partial charge is 0.472 e. The molecule has 75 heavy (non-hydrogen) atoms. The summed E-state index contributed by atoms with van der Waals surface area (Å²) in [6.07, 6.45) is 73.7. The summed E-state index contributed by atoms with van der Waals surface area (Å²) in [5.41, 5.74) is 0. The highest BCUT2D eigenvalue weighted by atomic mass is 31.2. The Morgan fingerprint density at radius 3 is 0.987 bits per heavy atom. The van der Waals surface area contributed by atoms with Crippen molar-refractivity contribution in [3.05, 3.63) is 12.2 Å². The molecular formula is C66H134N2O6P+. The molecule has 0 aromatic heterocycles. The summed E-state index contributed by atoms with van der Waals surface area (Å²) in [6, 6.07) is -0.842. The first-order valence-electron chi connectivity index (χ1n) is 33.6. The summed E-state index contributed by atoms with van der Waals surface area (Å²) in [5.74, 6) is -0.169. The topological polar surface area (TPSA) is 105 Å². The molecule has 0 aromatic rings. The van der Waals surface area contributed by atoms with Gasteiger partial charge in [-0.2, -0.15) is 0 Å². The van der Waals surface area contributed by atoms with Crippen molar-refractivity contribution in [1.29, 1.82) is 0 Å². The quantitative estimate of drug-likeness (QED) is 0.0243. The number of hydrogen-bond donors (Lipinski definition) is 3. The number of quaternary nitrogens is 1. The van der Waals surface area contributed by atoms with Crippen LogP contribution in [0.3, 0.4) is 0 Å². The van der Waals surface area contributed by atoms with Crippen LogP contribution in [-0.4, -0.2) is 73.4 Å². The van der Waals surface area contributed by atoms with Crippen LogP contribution in [-0.2, 0) is 18.4 Å². The first kappa shape index (κ1) is 74.2. The van der Waals surface area contributed by atoms with E-state index in [1.165, 1.54) is 302 Å². The predicted molar refractivity (Wildman–Crippen MR) is 328 cm³/mol. The van der Waals surface area contributed by atoms with Gasteiger partial charge in [-0.1, -0.05) is 341 Å². The van der Waals surface area contributed by atoms with E-state index in [0.29, 0.717) is 17.4 Å². The second kappa shape index (κ2) is 57.9. The van der Waals surface area contributed by atoms with E-state index in [1.54, 1.807) is 6.08 Å². The number of phosphoric ester groups is 1. The first-order chi connectivity index (χ1) is 36.5. The van der Waals surface area contributed by atoms with Crippen LogP contribution in [0.2, 0.25) is 0 Å². The van der Waals surface area contributed by atoms with Crippen LogP contribution in [0, 0.1) is 0 Å². The van der Waals surface area contributed by atoms with Gasteiger partial charge in [0, 0.05) is 6.42 Å². The Bertz CT molecular complexity index is 1230. The van der Waals surface area contributed by atoms with Crippen molar-refractivity contribution in [1.82, 2.24) is 5.32 Å². The molecule has 448 valence electrons. The van der Waals surface area contributed by atoms with Gasteiger partial charge in [0.05, 0.1) is 39.9 Å². The van der Waals surface area contributed by atoms with Gasteiger partial charge in [-0.05, 0) is 19.3 Å². The summed E-state index contributed by atoms with van der Waals surface area (Å²) in [6.45, 7) is 4.87. The van der Waals surface area contributed by atoms with Crippen molar-refractivity contribution < 1.29 is 32.9 Å². The molecule has 0 rings (SSSR count). The summed E-state index contributed by atoms with van der Waals surface area (Å²) in [7, 11) is 1.59. The molecule has 8 nitrogen and oxygen atoms in total. The van der Waals surface area contributed by atoms with Gasteiger partial charge < -0.3 is 19.8 Å². The lowest BCUT2D eigenvalue weighted by atomic mass is 10.0. The molecule has 3 unspecified atom stereocenters. The third-order valence-electron chi connectivity index (χ3n) is 15.8. The summed E-state index contributed by atoms with van der Waals surface area (Å²) in [5, 5.41) is 13.9. The van der Waals surface area contributed by atoms with Gasteiger partial charge in [0.1, 0.15) is 13.2 Å². The van der Waals surface area contributed by atoms with Crippen molar-refractivity contribution in [2.24, 2.45) is 0 Å². The molecule has 0 aliphatic heterocycles. The molecule has 0 heterocycles. The molecule has 0 aromatic carbocycles. The third-order valence-corrected chi connectivity index (χ3v) is 16.7. The number of likely N-dealkylation sites (N-methyl/N-ethyl adjacent to an activating group) is 1. The molecule has 1 amide bonds. The number of nitrogens with one attached hydrogen (secondary N) is 1. The average Bonchev–Trinajstić information content (AvgIpc) is 3.37. The monoisotopic (exact) mass is 1080 g/mol. The fourth-order valence-electron chi connectivity index (χ4n) is 10.5. The van der Waals surface area contributed by atoms with Crippen LogP contribution in [0.15, 0.2) is 12.2 Å². The molecule has 3 N–H and O–H groups in total. The van der Waals surface area contributed by atoms with Gasteiger partial charge >= 0.3 is 7.82 Å². The van der Waals surface area contributed by atoms with E-state index in [9.17, 15) is 19.4 Å². The highest BCUT2D eigenvalue weighted by Gasteiger charge is 2.28. The van der Waals surface area contributed by atoms with Crippen molar-refractivity contribution in [3.8, 4) is 0 Å². The van der Waals surface area contributed by atoms with Crippen LogP contribution < -0.4 is 5.32 Å². The molecule has 0 fully saturated rings. The average molecular weight is 1080 g/mol. The summed E-state index contributed by atoms with van der Waals surface area (Å²) >= 11 is 0. The second-order valence-corrected chi connectivity index (χ2v) is 26.0. The maximum Gasteiger partial charge on any atom is 0.472 e. The zero-order valence-corrected chi connectivity index (χ0v) is 52.2. The Morgan fingerprint density at radius 1 is 0.440 bits per heavy atom. The Hall–Kier alpha value is -0.760. The number of carbonyl (C=O) groups is 1. The molecule has 0 aliphatic carbocycles. The Balaban J connectivity index is 3.86. The van der Waals surface area contributed by atoms with E-state index in [-0.39, 0.29) is 19.1 Å². The number of rotatable bonds is 63. The lowest BCUT2D eigenvalue weighted by Crippen LogP contribution is -2.45. The second-order valence-electron chi connectivity index (χ2n) is 24.6. The van der Waals surface area contributed by atoms with Crippen LogP contribution >= 0.6 is 7.82 Å². The smallest absolute Gasteiger partial charge is 0.387 e. The van der Waals surface area contributed by atoms with E-state index in [1.807, 2.05) is 27.2 Å². The van der Waals surface area contributed by atoms with Crippen LogP contribution in [0.5, 0.6) is 0 Å². The van der Waals surface area contributed by atoms with Gasteiger partial charge in [0.15, 0.2) is 0 Å². The molecule has 0 spiro atoms. The number of aliphatic hydroxyl groups excluding tert-OH is 1. The first-order valence-corrected chi connectivity index (χ1v) is 35.1. The van der Waals surface area contributed by atoms with E-state index in [0.717, 1.165) is 32.1 Å². The minimum Gasteiger partial charge on any atom is -0.387 e. The number of allylic oxidation sites excluding steroid dienone is 1. The maximum atomic E-state index is 13.0. The van der Waals surface area contributed by atoms with Crippen LogP contribution in [0.1, 0.15) is 354 Å². The summed E-state index contributed by atoms with van der Waals surface area (Å²) in [4.78, 5) is 23.3. The van der Waals surface area contributed by atoms with E-state index >= 15 is 0 Å². The molecule has 3 atom stereocenters. The maximum absolute atomic E-state index is 13.0. The molecule has 0 aliphatic rings. The van der Waals surface area contributed by atoms with E-state index in [4.69, 9.17) is 9.05 Å². The molecule has 0 bridgehead atoms. The Morgan fingerprint density at radius 2 is 0.707 bits per heavy atom. The lowest BCUT2D eigenvalue weighted by Gasteiger charge is -2.25. The number of hydrogen-bond acceptors (Lipinski definition) is 5. The van der Waals surface area contributed by atoms with Gasteiger partial charge in [-0.25, -0.2) is 4.57 Å². The normalized spacial score (nSPS) is 13.7. The fraction of sp³-hybridized carbons (Fsp3) is 0.955. The van der Waals surface area contributed by atoms with E-state index < -0.39 is 20.0 Å². The zero-order valence-electron chi connectivity index (χ0n) is 51.3. The molecule has 0 radical (unpaired) electrons. The van der Waals surface area contributed by atoms with Crippen molar-refractivity contribution in [3.63, 3.8) is 0 Å². The Kier molecular flexibility index (Phi) is 57.3. The minimum absolute atomic E-state index is 0.0651. The molecule has 0 saturated heterocycles. The van der Waals surface area contributed by atoms with Gasteiger partial charge in [-0.3, -0.25) is 13.8 Å². The third kappa shape index (κ3) is 60.7. The highest BCUT2D eigenvalue weighted by molar-refractivity contribution is 7.47. The molecular weight excluding hydrogens is 948 g/mol. The number of amides is 1. The van der Waals surface area contributed by atoms with Crippen molar-refractivity contribution in [2.45, 2.75) is 366 Å². The standard InChI is InChI=1S/C66H133N2O6P/c1-6-8-10-12-14-16-18-20-22-23-24-25-26-27-28-29-30-31-32-33-34-35-36-37-38-39-40-41-42-43-44-46-48-50-52-54-56-58-60-66(70)67-64(63-74-75(71,72)73-62-61-68(3,4)5)65(69)59-57-55-53-51-49-47-45-21-19-17-15-13-11-9-7-2/h57,59,64-65,69H,6-56,58,60-63H2,1-5H3,(H-,67,70,71,72)/p+1/b59-57+. The van der Waals surface area contributed by atoms with Crippen LogP contribution in [0.4, 0.5) is 0 Å².